The number of hydrogen-bond donors (Lipinski definition) is 1. The molecule has 1 fully saturated rings. The van der Waals surface area contributed by atoms with E-state index in [0.717, 1.165) is 12.8 Å². The van der Waals surface area contributed by atoms with Crippen molar-refractivity contribution in [3.05, 3.63) is 12.7 Å². The van der Waals surface area contributed by atoms with Crippen LogP contribution < -0.4 is 5.73 Å². The summed E-state index contributed by atoms with van der Waals surface area (Å²) in [5.74, 6) is 0.133. The number of rotatable bonds is 7. The molecule has 1 amide bonds. The first-order valence-corrected chi connectivity index (χ1v) is 6.36. The average molecular weight is 240 g/mol. The summed E-state index contributed by atoms with van der Waals surface area (Å²) in [5.41, 5.74) is 5.54. The lowest BCUT2D eigenvalue weighted by atomic mass is 10.1. The smallest absolute Gasteiger partial charge is 0.225 e. The van der Waals surface area contributed by atoms with Crippen LogP contribution in [0.3, 0.4) is 0 Å². The van der Waals surface area contributed by atoms with E-state index in [1.807, 2.05) is 4.90 Å². The Labute approximate surface area is 104 Å². The van der Waals surface area contributed by atoms with Crippen molar-refractivity contribution in [1.29, 1.82) is 0 Å². The Hall–Kier alpha value is -0.870. The third kappa shape index (κ3) is 4.13. The molecule has 0 radical (unpaired) electrons. The zero-order chi connectivity index (χ0) is 12.7. The van der Waals surface area contributed by atoms with E-state index in [2.05, 4.69) is 6.58 Å². The Morgan fingerprint density at radius 1 is 1.59 bits per heavy atom. The van der Waals surface area contributed by atoms with Crippen LogP contribution >= 0.6 is 0 Å². The van der Waals surface area contributed by atoms with Gasteiger partial charge in [0.2, 0.25) is 5.91 Å². The molecule has 2 N–H and O–H groups in total. The first-order valence-electron chi connectivity index (χ1n) is 6.36. The minimum atomic E-state index is -0.170. The number of carbonyl (C=O) groups is 1. The summed E-state index contributed by atoms with van der Waals surface area (Å²) in [6, 6.07) is 0.385. The maximum absolute atomic E-state index is 12.2. The highest BCUT2D eigenvalue weighted by Crippen LogP contribution is 2.24. The van der Waals surface area contributed by atoms with Crippen LogP contribution in [0.15, 0.2) is 12.7 Å². The van der Waals surface area contributed by atoms with Gasteiger partial charge in [-0.15, -0.1) is 6.58 Å². The van der Waals surface area contributed by atoms with E-state index < -0.39 is 0 Å². The van der Waals surface area contributed by atoms with Gasteiger partial charge in [-0.05, 0) is 12.8 Å². The van der Waals surface area contributed by atoms with Gasteiger partial charge in [-0.2, -0.15) is 0 Å². The summed E-state index contributed by atoms with van der Waals surface area (Å²) in [6.07, 6.45) is 6.65. The van der Waals surface area contributed by atoms with Crippen molar-refractivity contribution >= 4 is 5.91 Å². The number of amides is 1. The Balaban J connectivity index is 2.55. The van der Waals surface area contributed by atoms with Crippen molar-refractivity contribution in [3.8, 4) is 0 Å². The molecule has 0 aromatic carbocycles. The quantitative estimate of drug-likeness (QED) is 0.683. The summed E-state index contributed by atoms with van der Waals surface area (Å²) < 4.78 is 5.16. The van der Waals surface area contributed by atoms with Crippen LogP contribution in [-0.2, 0) is 9.53 Å². The third-order valence-corrected chi connectivity index (χ3v) is 3.41. The molecule has 4 heteroatoms. The second-order valence-electron chi connectivity index (χ2n) is 4.57. The maximum atomic E-state index is 12.2. The molecule has 98 valence electrons. The zero-order valence-electron chi connectivity index (χ0n) is 10.7. The van der Waals surface area contributed by atoms with E-state index in [1.54, 1.807) is 13.2 Å². The number of nitrogens with two attached hydrogens (primary N) is 1. The van der Waals surface area contributed by atoms with Gasteiger partial charge in [-0.1, -0.05) is 18.9 Å². The standard InChI is InChI=1S/C13H24N2O2/c1-3-8-15(11-6-4-5-7-11)13(16)9-12(10-14)17-2/h3,11-12H,1,4-10,14H2,2H3. The van der Waals surface area contributed by atoms with Gasteiger partial charge >= 0.3 is 0 Å². The van der Waals surface area contributed by atoms with Gasteiger partial charge in [0, 0.05) is 26.2 Å². The van der Waals surface area contributed by atoms with Gasteiger partial charge in [-0.25, -0.2) is 0 Å². The molecule has 1 unspecified atom stereocenters. The summed E-state index contributed by atoms with van der Waals surface area (Å²) in [6.45, 7) is 4.74. The molecule has 0 heterocycles. The highest BCUT2D eigenvalue weighted by atomic mass is 16.5. The van der Waals surface area contributed by atoms with Gasteiger partial charge in [0.25, 0.3) is 0 Å². The van der Waals surface area contributed by atoms with Crippen LogP contribution in [0.4, 0.5) is 0 Å². The molecule has 0 aromatic heterocycles. The van der Waals surface area contributed by atoms with Crippen LogP contribution in [0.5, 0.6) is 0 Å². The second kappa shape index (κ2) is 7.45. The molecule has 0 aliphatic heterocycles. The normalized spacial score (nSPS) is 18.0. The van der Waals surface area contributed by atoms with E-state index >= 15 is 0 Å². The highest BCUT2D eigenvalue weighted by Gasteiger charge is 2.26. The molecule has 0 saturated heterocycles. The van der Waals surface area contributed by atoms with Crippen LogP contribution in [-0.4, -0.2) is 43.2 Å². The molecule has 1 saturated carbocycles. The Morgan fingerprint density at radius 3 is 2.71 bits per heavy atom. The van der Waals surface area contributed by atoms with Gasteiger partial charge in [0.1, 0.15) is 0 Å². The molecular formula is C13H24N2O2. The third-order valence-electron chi connectivity index (χ3n) is 3.41. The van der Waals surface area contributed by atoms with Gasteiger partial charge in [0.15, 0.2) is 0 Å². The lowest BCUT2D eigenvalue weighted by molar-refractivity contribution is -0.135. The maximum Gasteiger partial charge on any atom is 0.225 e. The molecule has 1 aliphatic rings. The van der Waals surface area contributed by atoms with Gasteiger partial charge < -0.3 is 15.4 Å². The monoisotopic (exact) mass is 240 g/mol. The fraction of sp³-hybridized carbons (Fsp3) is 0.769. The first kappa shape index (κ1) is 14.2. The van der Waals surface area contributed by atoms with Crippen LogP contribution in [0, 0.1) is 0 Å². The van der Waals surface area contributed by atoms with Crippen molar-refractivity contribution in [2.75, 3.05) is 20.2 Å². The zero-order valence-corrected chi connectivity index (χ0v) is 10.7. The minimum absolute atomic E-state index is 0.133. The number of methoxy groups -OCH3 is 1. The van der Waals surface area contributed by atoms with Crippen molar-refractivity contribution in [2.45, 2.75) is 44.2 Å². The van der Waals surface area contributed by atoms with Crippen molar-refractivity contribution in [2.24, 2.45) is 5.73 Å². The molecule has 4 nitrogen and oxygen atoms in total. The molecule has 17 heavy (non-hydrogen) atoms. The van der Waals surface area contributed by atoms with E-state index in [-0.39, 0.29) is 12.0 Å². The molecule has 1 rings (SSSR count). The summed E-state index contributed by atoms with van der Waals surface area (Å²) in [7, 11) is 1.60. The first-order chi connectivity index (χ1) is 8.22. The summed E-state index contributed by atoms with van der Waals surface area (Å²) in [4.78, 5) is 14.1. The van der Waals surface area contributed by atoms with Crippen molar-refractivity contribution in [3.63, 3.8) is 0 Å². The molecule has 0 bridgehead atoms. The molecule has 0 aromatic rings. The highest BCUT2D eigenvalue weighted by molar-refractivity contribution is 5.77. The van der Waals surface area contributed by atoms with Gasteiger partial charge in [-0.3, -0.25) is 4.79 Å². The topological polar surface area (TPSA) is 55.6 Å². The number of hydrogen-bond acceptors (Lipinski definition) is 3. The lowest BCUT2D eigenvalue weighted by Gasteiger charge is -2.29. The fourth-order valence-electron chi connectivity index (χ4n) is 2.38. The number of carbonyl (C=O) groups excluding carboxylic acids is 1. The fourth-order valence-corrected chi connectivity index (χ4v) is 2.38. The lowest BCUT2D eigenvalue weighted by Crippen LogP contribution is -2.41. The van der Waals surface area contributed by atoms with E-state index in [9.17, 15) is 4.79 Å². The number of ether oxygens (including phenoxy) is 1. The Bertz CT molecular complexity index is 246. The SMILES string of the molecule is C=CCN(C(=O)CC(CN)OC)C1CCCC1. The van der Waals surface area contributed by atoms with Crippen LogP contribution in [0.25, 0.3) is 0 Å². The second-order valence-corrected chi connectivity index (χ2v) is 4.57. The summed E-state index contributed by atoms with van der Waals surface area (Å²) >= 11 is 0. The molecule has 0 spiro atoms. The van der Waals surface area contributed by atoms with Crippen molar-refractivity contribution in [1.82, 2.24) is 4.90 Å². The minimum Gasteiger partial charge on any atom is -0.380 e. The Kier molecular flexibility index (Phi) is 6.22. The van der Waals surface area contributed by atoms with E-state index in [4.69, 9.17) is 10.5 Å². The predicted octanol–water partition coefficient (Wildman–Crippen LogP) is 1.31. The van der Waals surface area contributed by atoms with Crippen LogP contribution in [0.1, 0.15) is 32.1 Å². The predicted molar refractivity (Wildman–Crippen MR) is 68.6 cm³/mol. The van der Waals surface area contributed by atoms with Crippen molar-refractivity contribution < 1.29 is 9.53 Å². The average Bonchev–Trinajstić information content (AvgIpc) is 2.86. The van der Waals surface area contributed by atoms with Crippen LogP contribution in [0.2, 0.25) is 0 Å². The Morgan fingerprint density at radius 2 is 2.24 bits per heavy atom. The summed E-state index contributed by atoms with van der Waals surface area (Å²) in [5, 5.41) is 0. The van der Waals surface area contributed by atoms with Gasteiger partial charge in [0.05, 0.1) is 12.5 Å². The van der Waals surface area contributed by atoms with E-state index in [1.165, 1.54) is 12.8 Å². The van der Waals surface area contributed by atoms with E-state index in [0.29, 0.717) is 25.6 Å². The molecule has 1 atom stereocenters. The molecular weight excluding hydrogens is 216 g/mol. The number of nitrogens with zero attached hydrogens (tertiary/aromatic N) is 1. The molecule has 1 aliphatic carbocycles. The largest absolute Gasteiger partial charge is 0.380 e.